The molecule has 4 aromatic rings. The van der Waals surface area contributed by atoms with Gasteiger partial charge in [0.1, 0.15) is 17.3 Å². The first-order valence-electron chi connectivity index (χ1n) is 11.1. The van der Waals surface area contributed by atoms with Crippen LogP contribution in [-0.2, 0) is 7.05 Å². The van der Waals surface area contributed by atoms with Crippen molar-refractivity contribution >= 4 is 22.7 Å². The second-order valence-corrected chi connectivity index (χ2v) is 8.41. The summed E-state index contributed by atoms with van der Waals surface area (Å²) in [5.74, 6) is 0.579. The summed E-state index contributed by atoms with van der Waals surface area (Å²) in [6, 6.07) is 8.92. The third kappa shape index (κ3) is 4.13. The molecule has 9 heteroatoms. The molecule has 1 aliphatic carbocycles. The minimum atomic E-state index is -0.934. The Morgan fingerprint density at radius 2 is 1.91 bits per heavy atom. The topological polar surface area (TPSA) is 107 Å². The van der Waals surface area contributed by atoms with E-state index in [9.17, 15) is 4.79 Å². The van der Waals surface area contributed by atoms with Gasteiger partial charge in [-0.3, -0.25) is 9.36 Å². The Bertz CT molecular complexity index is 1290. The van der Waals surface area contributed by atoms with Crippen molar-refractivity contribution in [2.45, 2.75) is 37.8 Å². The summed E-state index contributed by atoms with van der Waals surface area (Å²) in [6.07, 6.45) is 9.47. The first kappa shape index (κ1) is 21.0. The SMILES string of the molecule is CNc1cc2c(cn1)c(-c1cnn(C)c1)nn2C1CCC(Oc2ccc(C(=O)O)cc2)CC1. The van der Waals surface area contributed by atoms with Gasteiger partial charge in [-0.2, -0.15) is 10.2 Å². The average Bonchev–Trinajstić information content (AvgIpc) is 3.43. The molecule has 0 spiro atoms. The smallest absolute Gasteiger partial charge is 0.335 e. The fourth-order valence-electron chi connectivity index (χ4n) is 4.48. The fraction of sp³-hybridized carbons (Fsp3) is 0.333. The Hall–Kier alpha value is -3.88. The third-order valence-electron chi connectivity index (χ3n) is 6.22. The molecule has 5 rings (SSSR count). The van der Waals surface area contributed by atoms with Crippen molar-refractivity contribution in [3.63, 3.8) is 0 Å². The monoisotopic (exact) mass is 446 g/mol. The van der Waals surface area contributed by atoms with E-state index in [4.69, 9.17) is 14.9 Å². The highest BCUT2D eigenvalue weighted by Crippen LogP contribution is 2.36. The lowest BCUT2D eigenvalue weighted by molar-refractivity contribution is 0.0696. The van der Waals surface area contributed by atoms with Crippen LogP contribution in [0.1, 0.15) is 42.1 Å². The van der Waals surface area contributed by atoms with Crippen molar-refractivity contribution < 1.29 is 14.6 Å². The normalized spacial score (nSPS) is 18.4. The zero-order valence-electron chi connectivity index (χ0n) is 18.6. The molecule has 33 heavy (non-hydrogen) atoms. The number of anilines is 1. The maximum absolute atomic E-state index is 11.0. The van der Waals surface area contributed by atoms with Crippen LogP contribution in [0.3, 0.4) is 0 Å². The summed E-state index contributed by atoms with van der Waals surface area (Å²) in [7, 11) is 3.76. The second-order valence-electron chi connectivity index (χ2n) is 8.41. The number of nitrogens with one attached hydrogen (secondary N) is 1. The van der Waals surface area contributed by atoms with Crippen molar-refractivity contribution in [1.82, 2.24) is 24.5 Å². The highest BCUT2D eigenvalue weighted by atomic mass is 16.5. The summed E-state index contributed by atoms with van der Waals surface area (Å²) in [5.41, 5.74) is 3.19. The number of ether oxygens (including phenoxy) is 1. The van der Waals surface area contributed by atoms with Crippen LogP contribution in [0.15, 0.2) is 48.9 Å². The molecule has 3 aromatic heterocycles. The number of hydrogen-bond acceptors (Lipinski definition) is 6. The standard InChI is InChI=1S/C24H26N6O3/c1-25-22-11-21-20(13-26-22)23(16-12-27-29(2)14-16)28-30(21)17-5-9-19(10-6-17)33-18-7-3-15(4-8-18)24(31)32/h3-4,7-8,11-14,17,19H,5-6,9-10H2,1-2H3,(H,25,26)(H,31,32). The predicted octanol–water partition coefficient (Wildman–Crippen LogP) is 4.13. The van der Waals surface area contributed by atoms with E-state index in [2.05, 4.69) is 26.1 Å². The number of carboxylic acids is 1. The van der Waals surface area contributed by atoms with Gasteiger partial charge in [0.15, 0.2) is 0 Å². The number of aromatic nitrogens is 5. The van der Waals surface area contributed by atoms with E-state index in [0.29, 0.717) is 5.75 Å². The minimum absolute atomic E-state index is 0.103. The summed E-state index contributed by atoms with van der Waals surface area (Å²) >= 11 is 0. The van der Waals surface area contributed by atoms with Crippen molar-refractivity contribution in [1.29, 1.82) is 0 Å². The van der Waals surface area contributed by atoms with Crippen LogP contribution < -0.4 is 10.1 Å². The van der Waals surface area contributed by atoms with Crippen molar-refractivity contribution in [3.8, 4) is 17.0 Å². The lowest BCUT2D eigenvalue weighted by atomic mass is 9.93. The van der Waals surface area contributed by atoms with E-state index in [1.165, 1.54) is 0 Å². The highest BCUT2D eigenvalue weighted by molar-refractivity contribution is 5.93. The number of aryl methyl sites for hydroxylation is 1. The highest BCUT2D eigenvalue weighted by Gasteiger charge is 2.27. The van der Waals surface area contributed by atoms with E-state index in [-0.39, 0.29) is 17.7 Å². The summed E-state index contributed by atoms with van der Waals surface area (Å²) in [5, 5.41) is 22.5. The van der Waals surface area contributed by atoms with Crippen LogP contribution in [0, 0.1) is 0 Å². The number of pyridine rings is 1. The molecule has 0 aliphatic heterocycles. The number of rotatable bonds is 6. The van der Waals surface area contributed by atoms with Crippen LogP contribution in [0.5, 0.6) is 5.75 Å². The number of carbonyl (C=O) groups is 1. The Labute approximate surface area is 191 Å². The summed E-state index contributed by atoms with van der Waals surface area (Å²) in [4.78, 5) is 15.5. The maximum atomic E-state index is 11.0. The van der Waals surface area contributed by atoms with Gasteiger partial charge >= 0.3 is 5.97 Å². The number of aromatic carboxylic acids is 1. The van der Waals surface area contributed by atoms with Gasteiger partial charge in [-0.05, 0) is 49.9 Å². The Balaban J connectivity index is 1.36. The van der Waals surface area contributed by atoms with Gasteiger partial charge in [0.05, 0.1) is 29.4 Å². The Morgan fingerprint density at radius 1 is 1.15 bits per heavy atom. The molecule has 1 fully saturated rings. The van der Waals surface area contributed by atoms with Gasteiger partial charge in [-0.25, -0.2) is 9.78 Å². The van der Waals surface area contributed by atoms with Gasteiger partial charge in [0, 0.05) is 43.5 Å². The van der Waals surface area contributed by atoms with Gasteiger partial charge < -0.3 is 15.2 Å². The molecule has 1 saturated carbocycles. The third-order valence-corrected chi connectivity index (χ3v) is 6.22. The van der Waals surface area contributed by atoms with Gasteiger partial charge in [0.2, 0.25) is 0 Å². The van der Waals surface area contributed by atoms with E-state index >= 15 is 0 Å². The zero-order valence-corrected chi connectivity index (χ0v) is 18.6. The first-order valence-corrected chi connectivity index (χ1v) is 11.1. The largest absolute Gasteiger partial charge is 0.490 e. The molecule has 0 radical (unpaired) electrons. The van der Waals surface area contributed by atoms with Gasteiger partial charge in [-0.1, -0.05) is 0 Å². The zero-order chi connectivity index (χ0) is 22.9. The Morgan fingerprint density at radius 3 is 2.55 bits per heavy atom. The first-order chi connectivity index (χ1) is 16.0. The van der Waals surface area contributed by atoms with Gasteiger partial charge in [0.25, 0.3) is 0 Å². The summed E-state index contributed by atoms with van der Waals surface area (Å²) in [6.45, 7) is 0. The molecule has 0 amide bonds. The van der Waals surface area contributed by atoms with Gasteiger partial charge in [-0.15, -0.1) is 0 Å². The number of hydrogen-bond donors (Lipinski definition) is 2. The number of fused-ring (bicyclic) bond motifs is 1. The molecule has 0 atom stereocenters. The predicted molar refractivity (Wildman–Crippen MR) is 125 cm³/mol. The number of benzene rings is 1. The molecule has 9 nitrogen and oxygen atoms in total. The molecule has 170 valence electrons. The average molecular weight is 447 g/mol. The molecule has 0 saturated heterocycles. The van der Waals surface area contributed by atoms with E-state index in [0.717, 1.165) is 53.7 Å². The van der Waals surface area contributed by atoms with E-state index in [1.807, 2.05) is 32.7 Å². The second kappa shape index (κ2) is 8.57. The maximum Gasteiger partial charge on any atom is 0.335 e. The van der Waals surface area contributed by atoms with E-state index < -0.39 is 5.97 Å². The summed E-state index contributed by atoms with van der Waals surface area (Å²) < 4.78 is 10.0. The Kier molecular flexibility index (Phi) is 5.45. The van der Waals surface area contributed by atoms with Crippen molar-refractivity contribution in [3.05, 3.63) is 54.5 Å². The van der Waals surface area contributed by atoms with Crippen LogP contribution in [0.4, 0.5) is 5.82 Å². The van der Waals surface area contributed by atoms with Crippen molar-refractivity contribution in [2.24, 2.45) is 7.05 Å². The molecule has 1 aliphatic rings. The lowest BCUT2D eigenvalue weighted by Crippen LogP contribution is -2.26. The molecule has 0 bridgehead atoms. The van der Waals surface area contributed by atoms with E-state index in [1.54, 1.807) is 28.9 Å². The minimum Gasteiger partial charge on any atom is -0.490 e. The lowest BCUT2D eigenvalue weighted by Gasteiger charge is -2.29. The molecule has 0 unspecified atom stereocenters. The molecule has 1 aromatic carbocycles. The van der Waals surface area contributed by atoms with Crippen LogP contribution in [0.2, 0.25) is 0 Å². The fourth-order valence-corrected chi connectivity index (χ4v) is 4.48. The molecule has 3 heterocycles. The van der Waals surface area contributed by atoms with Crippen LogP contribution in [-0.4, -0.2) is 48.8 Å². The molecular formula is C24H26N6O3. The molecule has 2 N–H and O–H groups in total. The van der Waals surface area contributed by atoms with Crippen LogP contribution in [0.25, 0.3) is 22.2 Å². The van der Waals surface area contributed by atoms with Crippen molar-refractivity contribution in [2.75, 3.05) is 12.4 Å². The molecular weight excluding hydrogens is 420 g/mol. The number of nitrogens with zero attached hydrogens (tertiary/aromatic N) is 5. The van der Waals surface area contributed by atoms with Crippen LogP contribution >= 0.6 is 0 Å². The quantitative estimate of drug-likeness (QED) is 0.458. The number of carboxylic acid groups (broad SMARTS) is 1.